The molecule has 0 spiro atoms. The Bertz CT molecular complexity index is 683. The van der Waals surface area contributed by atoms with Crippen molar-refractivity contribution in [2.24, 2.45) is 5.73 Å². The zero-order valence-corrected chi connectivity index (χ0v) is 13.0. The Kier molecular flexibility index (Phi) is 5.87. The maximum atomic E-state index is 14.1. The Morgan fingerprint density at radius 3 is 2.50 bits per heavy atom. The number of methoxy groups -OCH3 is 1. The van der Waals surface area contributed by atoms with Gasteiger partial charge in [0.25, 0.3) is 0 Å². The van der Waals surface area contributed by atoms with E-state index >= 15 is 0 Å². The lowest BCUT2D eigenvalue weighted by Crippen LogP contribution is -2.32. The Balaban J connectivity index is 0.00000116. The molecule has 0 saturated carbocycles. The molecule has 0 aliphatic heterocycles. The summed E-state index contributed by atoms with van der Waals surface area (Å²) in [7, 11) is 1.18. The molecule has 0 amide bonds. The number of halogens is 2. The van der Waals surface area contributed by atoms with Crippen LogP contribution < -0.4 is 10.5 Å². The molecule has 1 heterocycles. The standard InChI is InChI=1S/C13H14F2N2O3.C2H6/c1-5-8-6(3-7(16)13(18)19)4-17-11(8)10(15)12(20-2)9(5)14;1-2/h4,7,17H,3,16H2,1-2H3,(H,18,19);1-2H3. The van der Waals surface area contributed by atoms with E-state index in [0.717, 1.165) is 0 Å². The summed E-state index contributed by atoms with van der Waals surface area (Å²) in [6.45, 7) is 5.48. The van der Waals surface area contributed by atoms with E-state index in [4.69, 9.17) is 15.6 Å². The molecular weight excluding hydrogens is 294 g/mol. The fraction of sp³-hybridized carbons (Fsp3) is 0.400. The smallest absolute Gasteiger partial charge is 0.320 e. The first-order chi connectivity index (χ1) is 10.4. The molecule has 4 N–H and O–H groups in total. The highest BCUT2D eigenvalue weighted by molar-refractivity contribution is 5.89. The van der Waals surface area contributed by atoms with Crippen LogP contribution in [0.2, 0.25) is 0 Å². The highest BCUT2D eigenvalue weighted by Gasteiger charge is 2.23. The van der Waals surface area contributed by atoms with E-state index in [1.54, 1.807) is 0 Å². The number of fused-ring (bicyclic) bond motifs is 1. The lowest BCUT2D eigenvalue weighted by molar-refractivity contribution is -0.138. The van der Waals surface area contributed by atoms with E-state index in [1.807, 2.05) is 13.8 Å². The molecule has 0 bridgehead atoms. The summed E-state index contributed by atoms with van der Waals surface area (Å²) in [5.41, 5.74) is 6.17. The van der Waals surface area contributed by atoms with Crippen LogP contribution in [0.5, 0.6) is 5.75 Å². The minimum absolute atomic E-state index is 0.0264. The fourth-order valence-corrected chi connectivity index (χ4v) is 2.22. The van der Waals surface area contributed by atoms with Crippen LogP contribution in [0.4, 0.5) is 8.78 Å². The number of benzene rings is 1. The van der Waals surface area contributed by atoms with Gasteiger partial charge in [0.15, 0.2) is 17.4 Å². The highest BCUT2D eigenvalue weighted by atomic mass is 19.1. The van der Waals surface area contributed by atoms with E-state index in [-0.39, 0.29) is 17.5 Å². The molecule has 122 valence electrons. The van der Waals surface area contributed by atoms with Crippen LogP contribution in [0.25, 0.3) is 10.9 Å². The second-order valence-corrected chi connectivity index (χ2v) is 4.50. The normalized spacial score (nSPS) is 11.8. The van der Waals surface area contributed by atoms with Crippen molar-refractivity contribution in [1.29, 1.82) is 0 Å². The van der Waals surface area contributed by atoms with Crippen LogP contribution in [0.3, 0.4) is 0 Å². The van der Waals surface area contributed by atoms with E-state index in [9.17, 15) is 13.6 Å². The topological polar surface area (TPSA) is 88.3 Å². The molecule has 0 aliphatic rings. The van der Waals surface area contributed by atoms with Gasteiger partial charge in [-0.05, 0) is 18.1 Å². The van der Waals surface area contributed by atoms with Crippen LogP contribution >= 0.6 is 0 Å². The third kappa shape index (κ3) is 3.04. The number of aromatic amines is 1. The number of hydrogen-bond acceptors (Lipinski definition) is 3. The molecule has 1 aromatic carbocycles. The Morgan fingerprint density at radius 1 is 1.41 bits per heavy atom. The lowest BCUT2D eigenvalue weighted by atomic mass is 10.0. The molecule has 7 heteroatoms. The average Bonchev–Trinajstić information content (AvgIpc) is 2.91. The monoisotopic (exact) mass is 314 g/mol. The van der Waals surface area contributed by atoms with Crippen LogP contribution in [-0.2, 0) is 11.2 Å². The minimum Gasteiger partial charge on any atom is -0.491 e. The van der Waals surface area contributed by atoms with Crippen molar-refractivity contribution in [2.45, 2.75) is 33.2 Å². The number of aromatic nitrogens is 1. The summed E-state index contributed by atoms with van der Waals surface area (Å²) in [6.07, 6.45) is 1.41. The zero-order valence-electron chi connectivity index (χ0n) is 13.0. The van der Waals surface area contributed by atoms with E-state index in [0.29, 0.717) is 10.9 Å². The van der Waals surface area contributed by atoms with E-state index < -0.39 is 29.4 Å². The van der Waals surface area contributed by atoms with Crippen LogP contribution in [-0.4, -0.2) is 29.2 Å². The van der Waals surface area contributed by atoms with Gasteiger partial charge in [-0.3, -0.25) is 4.79 Å². The van der Waals surface area contributed by atoms with Gasteiger partial charge in [0, 0.05) is 18.0 Å². The fourth-order valence-electron chi connectivity index (χ4n) is 2.22. The van der Waals surface area contributed by atoms with Crippen molar-refractivity contribution in [1.82, 2.24) is 4.98 Å². The number of nitrogens with one attached hydrogen (secondary N) is 1. The Labute approximate surface area is 127 Å². The van der Waals surface area contributed by atoms with Crippen LogP contribution in [0, 0.1) is 18.6 Å². The predicted molar refractivity (Wildman–Crippen MR) is 80.2 cm³/mol. The minimum atomic E-state index is -1.17. The van der Waals surface area contributed by atoms with Gasteiger partial charge in [0.2, 0.25) is 0 Å². The van der Waals surface area contributed by atoms with Gasteiger partial charge in [0.1, 0.15) is 6.04 Å². The van der Waals surface area contributed by atoms with Gasteiger partial charge in [-0.2, -0.15) is 0 Å². The molecule has 0 saturated heterocycles. The number of nitrogens with two attached hydrogens (primary N) is 1. The van der Waals surface area contributed by atoms with Gasteiger partial charge < -0.3 is 20.6 Å². The van der Waals surface area contributed by atoms with Gasteiger partial charge in [-0.1, -0.05) is 13.8 Å². The molecule has 2 rings (SSSR count). The largest absolute Gasteiger partial charge is 0.491 e. The summed E-state index contributed by atoms with van der Waals surface area (Å²) in [6, 6.07) is -1.14. The van der Waals surface area contributed by atoms with Gasteiger partial charge in [-0.15, -0.1) is 0 Å². The van der Waals surface area contributed by atoms with Crippen molar-refractivity contribution < 1.29 is 23.4 Å². The Hall–Kier alpha value is -2.15. The van der Waals surface area contributed by atoms with E-state index in [2.05, 4.69) is 4.98 Å². The first kappa shape index (κ1) is 17.9. The number of aliphatic carboxylic acids is 1. The van der Waals surface area contributed by atoms with E-state index in [1.165, 1.54) is 20.2 Å². The maximum absolute atomic E-state index is 14.1. The van der Waals surface area contributed by atoms with Crippen molar-refractivity contribution in [3.63, 3.8) is 0 Å². The van der Waals surface area contributed by atoms with Gasteiger partial charge in [0.05, 0.1) is 12.6 Å². The molecule has 1 aromatic heterocycles. The number of hydrogen-bond donors (Lipinski definition) is 3. The lowest BCUT2D eigenvalue weighted by Gasteiger charge is -2.10. The number of H-pyrrole nitrogens is 1. The number of carbonyl (C=O) groups is 1. The summed E-state index contributed by atoms with van der Waals surface area (Å²) in [4.78, 5) is 13.5. The summed E-state index contributed by atoms with van der Waals surface area (Å²) < 4.78 is 32.8. The third-order valence-corrected chi connectivity index (χ3v) is 3.25. The Morgan fingerprint density at radius 2 is 2.00 bits per heavy atom. The molecule has 5 nitrogen and oxygen atoms in total. The highest BCUT2D eigenvalue weighted by Crippen LogP contribution is 2.34. The second kappa shape index (κ2) is 7.22. The van der Waals surface area contributed by atoms with Gasteiger partial charge in [-0.25, -0.2) is 8.78 Å². The number of carboxylic acids is 1. The van der Waals surface area contributed by atoms with Crippen molar-refractivity contribution in [3.05, 3.63) is 29.0 Å². The number of carboxylic acid groups (broad SMARTS) is 1. The quantitative estimate of drug-likeness (QED) is 0.809. The molecule has 0 aliphatic carbocycles. The number of aryl methyl sites for hydroxylation is 1. The van der Waals surface area contributed by atoms with Crippen molar-refractivity contribution in [2.75, 3.05) is 7.11 Å². The number of rotatable bonds is 4. The number of ether oxygens (including phenoxy) is 1. The van der Waals surface area contributed by atoms with Crippen molar-refractivity contribution in [3.8, 4) is 5.75 Å². The second-order valence-electron chi connectivity index (χ2n) is 4.50. The van der Waals surface area contributed by atoms with Gasteiger partial charge >= 0.3 is 5.97 Å². The van der Waals surface area contributed by atoms with Crippen LogP contribution in [0.1, 0.15) is 25.0 Å². The molecule has 0 radical (unpaired) electrons. The first-order valence-electron chi connectivity index (χ1n) is 6.88. The molecule has 1 atom stereocenters. The summed E-state index contributed by atoms with van der Waals surface area (Å²) in [5, 5.41) is 9.11. The molecular formula is C15H20F2N2O3. The molecule has 1 unspecified atom stereocenters. The summed E-state index contributed by atoms with van der Waals surface area (Å²) >= 11 is 0. The molecule has 2 aromatic rings. The average molecular weight is 314 g/mol. The SMILES string of the molecule is CC.COc1c(F)c(C)c2c(CC(N)C(=O)O)c[nH]c2c1F. The first-order valence-corrected chi connectivity index (χ1v) is 6.88. The summed E-state index contributed by atoms with van der Waals surface area (Å²) in [5.74, 6) is -3.29. The van der Waals surface area contributed by atoms with Crippen LogP contribution in [0.15, 0.2) is 6.20 Å². The van der Waals surface area contributed by atoms with Crippen molar-refractivity contribution >= 4 is 16.9 Å². The molecule has 22 heavy (non-hydrogen) atoms. The third-order valence-electron chi connectivity index (χ3n) is 3.25. The predicted octanol–water partition coefficient (Wildman–Crippen LogP) is 2.74. The maximum Gasteiger partial charge on any atom is 0.320 e. The molecule has 0 fully saturated rings. The zero-order chi connectivity index (χ0) is 17.0.